The minimum absolute atomic E-state index is 0.00608. The molecule has 5 nitrogen and oxygen atoms in total. The summed E-state index contributed by atoms with van der Waals surface area (Å²) in [6, 6.07) is 11.6. The fourth-order valence-electron chi connectivity index (χ4n) is 4.95. The van der Waals surface area contributed by atoms with E-state index in [-0.39, 0.29) is 22.9 Å². The lowest BCUT2D eigenvalue weighted by Crippen LogP contribution is -2.59. The number of nitrogens with zero attached hydrogens (tertiary/aromatic N) is 4. The number of benzene rings is 1. The predicted molar refractivity (Wildman–Crippen MR) is 114 cm³/mol. The standard InChI is InChI=1S/C22H23F3N4OS/c23-22(24,25)9-16-8-17-19(26-14-27-20(17)31-16)28-7-6-21(11-28)12-29(13-21)18(10-30)15-4-2-1-3-5-15/h1-5,8,14,18,30H,6-7,9-13H2. The van der Waals surface area contributed by atoms with Crippen molar-refractivity contribution in [1.29, 1.82) is 0 Å². The molecule has 0 aliphatic carbocycles. The van der Waals surface area contributed by atoms with Crippen LogP contribution in [0, 0.1) is 5.41 Å². The largest absolute Gasteiger partial charge is 0.394 e. The number of aliphatic hydroxyl groups excluding tert-OH is 1. The number of anilines is 1. The normalized spacial score (nSPS) is 19.8. The number of halogens is 3. The SMILES string of the molecule is OCC(c1ccccc1)N1CC2(CCN(c3ncnc4sc(CC(F)(F)F)cc34)C2)C1. The summed E-state index contributed by atoms with van der Waals surface area (Å²) in [6.45, 7) is 3.49. The van der Waals surface area contributed by atoms with Gasteiger partial charge in [-0.25, -0.2) is 9.97 Å². The maximum atomic E-state index is 12.8. The number of aromatic nitrogens is 2. The van der Waals surface area contributed by atoms with E-state index in [0.29, 0.717) is 10.2 Å². The molecule has 2 fully saturated rings. The second kappa shape index (κ2) is 7.72. The van der Waals surface area contributed by atoms with Gasteiger partial charge in [0.05, 0.1) is 24.5 Å². The fraction of sp³-hybridized carbons (Fsp3) is 0.455. The first kappa shape index (κ1) is 20.7. The summed E-state index contributed by atoms with van der Waals surface area (Å²) >= 11 is 1.09. The van der Waals surface area contributed by atoms with Crippen LogP contribution in [0.2, 0.25) is 0 Å². The monoisotopic (exact) mass is 448 g/mol. The Morgan fingerprint density at radius 1 is 1.13 bits per heavy atom. The van der Waals surface area contributed by atoms with Crippen molar-refractivity contribution < 1.29 is 18.3 Å². The van der Waals surface area contributed by atoms with Gasteiger partial charge in [-0.15, -0.1) is 11.3 Å². The fourth-order valence-corrected chi connectivity index (χ4v) is 5.97. The van der Waals surface area contributed by atoms with Crippen LogP contribution in [0.4, 0.5) is 19.0 Å². The molecule has 5 rings (SSSR count). The predicted octanol–water partition coefficient (Wildman–Crippen LogP) is 4.04. The Balaban J connectivity index is 1.31. The summed E-state index contributed by atoms with van der Waals surface area (Å²) < 4.78 is 38.5. The van der Waals surface area contributed by atoms with Gasteiger partial charge in [0.25, 0.3) is 0 Å². The van der Waals surface area contributed by atoms with Gasteiger partial charge in [-0.05, 0) is 18.1 Å². The third-order valence-electron chi connectivity index (χ3n) is 6.35. The molecule has 2 aliphatic rings. The zero-order valence-corrected chi connectivity index (χ0v) is 17.7. The van der Waals surface area contributed by atoms with E-state index < -0.39 is 12.6 Å². The maximum Gasteiger partial charge on any atom is 0.393 e. The lowest BCUT2D eigenvalue weighted by Gasteiger charge is -2.51. The molecule has 2 aliphatic heterocycles. The molecule has 1 unspecified atom stereocenters. The topological polar surface area (TPSA) is 52.5 Å². The van der Waals surface area contributed by atoms with Crippen molar-refractivity contribution in [3.63, 3.8) is 0 Å². The molecule has 164 valence electrons. The van der Waals surface area contributed by atoms with E-state index in [4.69, 9.17) is 0 Å². The highest BCUT2D eigenvalue weighted by atomic mass is 32.1. The van der Waals surface area contributed by atoms with E-state index in [2.05, 4.69) is 19.8 Å². The van der Waals surface area contributed by atoms with Gasteiger partial charge in [0, 0.05) is 36.5 Å². The Hall–Kier alpha value is -2.23. The zero-order chi connectivity index (χ0) is 21.6. The van der Waals surface area contributed by atoms with Gasteiger partial charge < -0.3 is 10.0 Å². The van der Waals surface area contributed by atoms with Crippen molar-refractivity contribution in [2.24, 2.45) is 5.41 Å². The molecule has 0 radical (unpaired) electrons. The van der Waals surface area contributed by atoms with Crippen molar-refractivity contribution in [3.05, 3.63) is 53.2 Å². The molecule has 31 heavy (non-hydrogen) atoms. The number of rotatable bonds is 5. The molecule has 9 heteroatoms. The molecule has 1 aromatic carbocycles. The molecule has 2 aromatic heterocycles. The average molecular weight is 449 g/mol. The van der Waals surface area contributed by atoms with Crippen molar-refractivity contribution >= 4 is 27.4 Å². The summed E-state index contributed by atoms with van der Waals surface area (Å²) in [7, 11) is 0. The molecule has 3 aromatic rings. The van der Waals surface area contributed by atoms with E-state index in [1.54, 1.807) is 6.07 Å². The second-order valence-electron chi connectivity index (χ2n) is 8.61. The Kier molecular flexibility index (Phi) is 5.15. The zero-order valence-electron chi connectivity index (χ0n) is 16.8. The molecule has 2 saturated heterocycles. The Morgan fingerprint density at radius 2 is 1.90 bits per heavy atom. The van der Waals surface area contributed by atoms with Crippen LogP contribution in [-0.4, -0.2) is 58.9 Å². The van der Waals surface area contributed by atoms with E-state index in [1.165, 1.54) is 6.33 Å². The highest BCUT2D eigenvalue weighted by Crippen LogP contribution is 2.45. The number of alkyl halides is 3. The highest BCUT2D eigenvalue weighted by Gasteiger charge is 2.50. The second-order valence-corrected chi connectivity index (χ2v) is 9.72. The van der Waals surface area contributed by atoms with Crippen LogP contribution in [0.15, 0.2) is 42.7 Å². The first-order valence-electron chi connectivity index (χ1n) is 10.3. The van der Waals surface area contributed by atoms with Crippen LogP contribution in [0.5, 0.6) is 0 Å². The van der Waals surface area contributed by atoms with Crippen molar-refractivity contribution in [3.8, 4) is 0 Å². The van der Waals surface area contributed by atoms with Gasteiger partial charge in [0.1, 0.15) is 17.0 Å². The molecule has 0 amide bonds. The molecular weight excluding hydrogens is 425 g/mol. The minimum atomic E-state index is -4.23. The van der Waals surface area contributed by atoms with Gasteiger partial charge in [0.2, 0.25) is 0 Å². The first-order valence-corrected chi connectivity index (χ1v) is 11.1. The van der Waals surface area contributed by atoms with E-state index in [9.17, 15) is 18.3 Å². The third kappa shape index (κ3) is 4.02. The summed E-state index contributed by atoms with van der Waals surface area (Å²) in [6.07, 6.45) is -2.72. The highest BCUT2D eigenvalue weighted by molar-refractivity contribution is 7.18. The summed E-state index contributed by atoms with van der Waals surface area (Å²) in [5.41, 5.74) is 1.24. The molecule has 0 saturated carbocycles. The molecule has 4 heterocycles. The van der Waals surface area contributed by atoms with Gasteiger partial charge in [0.15, 0.2) is 0 Å². The van der Waals surface area contributed by atoms with Crippen LogP contribution >= 0.6 is 11.3 Å². The van der Waals surface area contributed by atoms with E-state index in [0.717, 1.165) is 55.3 Å². The van der Waals surface area contributed by atoms with E-state index >= 15 is 0 Å². The number of hydrogen-bond acceptors (Lipinski definition) is 6. The van der Waals surface area contributed by atoms with Crippen LogP contribution in [0.1, 0.15) is 22.9 Å². The van der Waals surface area contributed by atoms with Crippen molar-refractivity contribution in [1.82, 2.24) is 14.9 Å². The minimum Gasteiger partial charge on any atom is -0.394 e. The molecular formula is C22H23F3N4OS. The van der Waals surface area contributed by atoms with Crippen molar-refractivity contribution in [2.75, 3.05) is 37.7 Å². The van der Waals surface area contributed by atoms with Crippen LogP contribution < -0.4 is 4.90 Å². The summed E-state index contributed by atoms with van der Waals surface area (Å²) in [5.74, 6) is 0.728. The van der Waals surface area contributed by atoms with Crippen LogP contribution in [0.25, 0.3) is 10.2 Å². The lowest BCUT2D eigenvalue weighted by atomic mass is 9.77. The number of fused-ring (bicyclic) bond motifs is 1. The van der Waals surface area contributed by atoms with Gasteiger partial charge in [-0.3, -0.25) is 4.90 Å². The van der Waals surface area contributed by atoms with Gasteiger partial charge >= 0.3 is 6.18 Å². The average Bonchev–Trinajstić information content (AvgIpc) is 3.31. The number of thiophene rings is 1. The van der Waals surface area contributed by atoms with Crippen LogP contribution in [-0.2, 0) is 6.42 Å². The Bertz CT molecular complexity index is 1070. The smallest absolute Gasteiger partial charge is 0.393 e. The number of likely N-dealkylation sites (tertiary alicyclic amines) is 1. The van der Waals surface area contributed by atoms with Crippen molar-refractivity contribution in [2.45, 2.75) is 25.1 Å². The molecule has 1 spiro atoms. The van der Waals surface area contributed by atoms with E-state index in [1.807, 2.05) is 30.3 Å². The maximum absolute atomic E-state index is 12.8. The lowest BCUT2D eigenvalue weighted by molar-refractivity contribution is -0.126. The Morgan fingerprint density at radius 3 is 2.61 bits per heavy atom. The third-order valence-corrected chi connectivity index (χ3v) is 7.39. The van der Waals surface area contributed by atoms with Gasteiger partial charge in [-0.1, -0.05) is 30.3 Å². The summed E-state index contributed by atoms with van der Waals surface area (Å²) in [4.78, 5) is 14.0. The Labute approximate surface area is 182 Å². The molecule has 1 N–H and O–H groups in total. The quantitative estimate of drug-likeness (QED) is 0.639. The molecule has 0 bridgehead atoms. The molecule has 1 atom stereocenters. The van der Waals surface area contributed by atoms with Crippen LogP contribution in [0.3, 0.4) is 0 Å². The van der Waals surface area contributed by atoms with Gasteiger partial charge in [-0.2, -0.15) is 13.2 Å². The first-order chi connectivity index (χ1) is 14.9. The summed E-state index contributed by atoms with van der Waals surface area (Å²) in [5, 5.41) is 10.6. The number of aliphatic hydroxyl groups is 1. The number of hydrogen-bond donors (Lipinski definition) is 1.